The Hall–Kier alpha value is -4.38. The third-order valence-electron chi connectivity index (χ3n) is 4.89. The topological polar surface area (TPSA) is 129 Å². The number of nitro benzene ring substituents is 2. The second-order valence-corrected chi connectivity index (χ2v) is 8.20. The van der Waals surface area contributed by atoms with E-state index >= 15 is 0 Å². The van der Waals surface area contributed by atoms with Crippen LogP contribution in [0.5, 0.6) is 5.75 Å². The van der Waals surface area contributed by atoms with Crippen molar-refractivity contribution in [1.29, 1.82) is 0 Å². The van der Waals surface area contributed by atoms with E-state index in [0.29, 0.717) is 23.0 Å². The van der Waals surface area contributed by atoms with Gasteiger partial charge in [-0.25, -0.2) is 4.98 Å². The van der Waals surface area contributed by atoms with E-state index in [1.54, 1.807) is 12.1 Å². The van der Waals surface area contributed by atoms with Crippen LogP contribution in [-0.4, -0.2) is 27.3 Å². The van der Waals surface area contributed by atoms with Gasteiger partial charge in [0, 0.05) is 12.1 Å². The summed E-state index contributed by atoms with van der Waals surface area (Å²) in [6.45, 7) is 2.50. The number of hydrogen-bond acceptors (Lipinski definition) is 8. The number of non-ortho nitro benzene ring substituents is 2. The van der Waals surface area contributed by atoms with Gasteiger partial charge in [0.1, 0.15) is 5.75 Å². The highest BCUT2D eigenvalue weighted by atomic mass is 32.1. The number of benzene rings is 3. The van der Waals surface area contributed by atoms with Crippen molar-refractivity contribution in [1.82, 2.24) is 4.98 Å². The van der Waals surface area contributed by atoms with Gasteiger partial charge in [-0.15, -0.1) is 0 Å². The van der Waals surface area contributed by atoms with Crippen molar-refractivity contribution in [3.05, 3.63) is 98.1 Å². The van der Waals surface area contributed by atoms with E-state index in [1.807, 2.05) is 43.3 Å². The van der Waals surface area contributed by atoms with Gasteiger partial charge in [0.15, 0.2) is 5.13 Å². The highest BCUT2D eigenvalue weighted by Gasteiger charge is 2.26. The molecule has 0 N–H and O–H groups in total. The second-order valence-electron chi connectivity index (χ2n) is 7.19. The fourth-order valence-corrected chi connectivity index (χ4v) is 4.33. The second kappa shape index (κ2) is 9.63. The van der Waals surface area contributed by atoms with Crippen molar-refractivity contribution in [2.45, 2.75) is 13.5 Å². The van der Waals surface area contributed by atoms with E-state index in [-0.39, 0.29) is 12.1 Å². The highest BCUT2D eigenvalue weighted by Crippen LogP contribution is 2.34. The van der Waals surface area contributed by atoms with Crippen LogP contribution in [0.2, 0.25) is 0 Å². The van der Waals surface area contributed by atoms with Gasteiger partial charge in [0.05, 0.1) is 44.8 Å². The Balaban J connectivity index is 1.81. The number of ether oxygens (including phenoxy) is 1. The predicted octanol–water partition coefficient (Wildman–Crippen LogP) is 5.36. The Morgan fingerprint density at radius 1 is 1.00 bits per heavy atom. The first-order valence-corrected chi connectivity index (χ1v) is 11.0. The Bertz CT molecular complexity index is 1360. The molecule has 4 rings (SSSR count). The van der Waals surface area contributed by atoms with Crippen LogP contribution in [0.25, 0.3) is 10.2 Å². The van der Waals surface area contributed by atoms with Gasteiger partial charge in [-0.3, -0.25) is 29.9 Å². The van der Waals surface area contributed by atoms with Crippen molar-refractivity contribution in [3.63, 3.8) is 0 Å². The summed E-state index contributed by atoms with van der Waals surface area (Å²) in [6, 6.07) is 17.4. The molecule has 0 aliphatic rings. The number of thiazole rings is 1. The number of carbonyl (C=O) groups excluding carboxylic acids is 1. The highest BCUT2D eigenvalue weighted by molar-refractivity contribution is 7.22. The van der Waals surface area contributed by atoms with Crippen LogP contribution in [0.15, 0.2) is 66.7 Å². The summed E-state index contributed by atoms with van der Waals surface area (Å²) < 4.78 is 6.33. The maximum atomic E-state index is 13.6. The van der Waals surface area contributed by atoms with Gasteiger partial charge in [-0.2, -0.15) is 0 Å². The minimum atomic E-state index is -0.766. The lowest BCUT2D eigenvalue weighted by Gasteiger charge is -2.20. The molecule has 4 aromatic rings. The maximum Gasteiger partial charge on any atom is 0.277 e. The average molecular weight is 478 g/mol. The summed E-state index contributed by atoms with van der Waals surface area (Å²) in [5, 5.41) is 23.0. The number of aromatic nitrogens is 1. The van der Waals surface area contributed by atoms with Crippen molar-refractivity contribution in [2.24, 2.45) is 0 Å². The molecule has 1 amide bonds. The molecule has 10 nitrogen and oxygen atoms in total. The van der Waals surface area contributed by atoms with E-state index in [0.717, 1.165) is 28.5 Å². The molecule has 34 heavy (non-hydrogen) atoms. The molecule has 1 heterocycles. The SMILES string of the molecule is CCOc1ccc2nc(N(Cc3ccccc3)C(=O)c3cc([N+](=O)[O-])cc([N+](=O)[O-])c3)sc2c1. The standard InChI is InChI=1S/C23H18N4O6S/c1-2-33-19-8-9-20-21(13-19)34-23(24-20)25(14-15-6-4-3-5-7-15)22(28)16-10-17(26(29)30)12-18(11-16)27(31)32/h3-13H,2,14H2,1H3. The molecular weight excluding hydrogens is 460 g/mol. The van der Waals surface area contributed by atoms with Gasteiger partial charge < -0.3 is 4.74 Å². The van der Waals surface area contributed by atoms with E-state index < -0.39 is 27.1 Å². The van der Waals surface area contributed by atoms with Crippen LogP contribution in [-0.2, 0) is 6.54 Å². The molecule has 0 saturated heterocycles. The van der Waals surface area contributed by atoms with Crippen molar-refractivity contribution in [2.75, 3.05) is 11.5 Å². The summed E-state index contributed by atoms with van der Waals surface area (Å²) in [5.74, 6) is 0.0279. The number of nitrogens with zero attached hydrogens (tertiary/aromatic N) is 4. The first-order chi connectivity index (χ1) is 16.4. The normalized spacial score (nSPS) is 10.7. The van der Waals surface area contributed by atoms with Gasteiger partial charge >= 0.3 is 0 Å². The Labute approximate surface area is 197 Å². The van der Waals surface area contributed by atoms with Crippen molar-refractivity contribution < 1.29 is 19.4 Å². The zero-order valence-corrected chi connectivity index (χ0v) is 18.7. The minimum absolute atomic E-state index is 0.119. The Morgan fingerprint density at radius 2 is 1.68 bits per heavy atom. The third-order valence-corrected chi connectivity index (χ3v) is 5.93. The molecule has 11 heteroatoms. The van der Waals surface area contributed by atoms with Gasteiger partial charge in [-0.05, 0) is 30.7 Å². The number of rotatable bonds is 8. The number of carbonyl (C=O) groups is 1. The molecule has 0 atom stereocenters. The van der Waals surface area contributed by atoms with Crippen molar-refractivity contribution >= 4 is 44.0 Å². The molecule has 0 bridgehead atoms. The van der Waals surface area contributed by atoms with Crippen LogP contribution >= 0.6 is 11.3 Å². The minimum Gasteiger partial charge on any atom is -0.494 e. The molecule has 0 unspecified atom stereocenters. The molecule has 172 valence electrons. The van der Waals surface area contributed by atoms with Gasteiger partial charge in [0.25, 0.3) is 17.3 Å². The number of nitro groups is 2. The fourth-order valence-electron chi connectivity index (χ4n) is 3.34. The lowest BCUT2D eigenvalue weighted by Crippen LogP contribution is -2.30. The third kappa shape index (κ3) is 4.84. The summed E-state index contributed by atoms with van der Waals surface area (Å²) >= 11 is 1.25. The molecule has 1 aromatic heterocycles. The van der Waals surface area contributed by atoms with Crippen LogP contribution in [0, 0.1) is 20.2 Å². The zero-order chi connectivity index (χ0) is 24.2. The first-order valence-electron chi connectivity index (χ1n) is 10.2. The molecule has 0 spiro atoms. The summed E-state index contributed by atoms with van der Waals surface area (Å²) in [7, 11) is 0. The first kappa shape index (κ1) is 22.8. The predicted molar refractivity (Wildman–Crippen MR) is 127 cm³/mol. The quantitative estimate of drug-likeness (QED) is 0.246. The molecule has 0 aliphatic heterocycles. The van der Waals surface area contributed by atoms with E-state index in [4.69, 9.17) is 4.74 Å². The van der Waals surface area contributed by atoms with Crippen LogP contribution in [0.3, 0.4) is 0 Å². The Kier molecular flexibility index (Phi) is 6.46. The largest absolute Gasteiger partial charge is 0.494 e. The number of anilines is 1. The summed E-state index contributed by atoms with van der Waals surface area (Å²) in [5.41, 5.74) is 0.196. The Morgan fingerprint density at radius 3 is 2.29 bits per heavy atom. The molecule has 0 fully saturated rings. The summed E-state index contributed by atoms with van der Waals surface area (Å²) in [4.78, 5) is 40.6. The zero-order valence-electron chi connectivity index (χ0n) is 17.9. The van der Waals surface area contributed by atoms with Crippen LogP contribution in [0.4, 0.5) is 16.5 Å². The van der Waals surface area contributed by atoms with Gasteiger partial charge in [-0.1, -0.05) is 41.7 Å². The van der Waals surface area contributed by atoms with Gasteiger partial charge in [0.2, 0.25) is 0 Å². The number of fused-ring (bicyclic) bond motifs is 1. The van der Waals surface area contributed by atoms with E-state index in [1.165, 1.54) is 16.2 Å². The average Bonchev–Trinajstić information content (AvgIpc) is 3.25. The van der Waals surface area contributed by atoms with Crippen LogP contribution < -0.4 is 9.64 Å². The molecule has 0 radical (unpaired) electrons. The number of amides is 1. The fraction of sp³-hybridized carbons (Fsp3) is 0.130. The molecule has 0 saturated carbocycles. The smallest absolute Gasteiger partial charge is 0.277 e. The van der Waals surface area contributed by atoms with Crippen LogP contribution in [0.1, 0.15) is 22.8 Å². The maximum absolute atomic E-state index is 13.6. The molecule has 0 aliphatic carbocycles. The van der Waals surface area contributed by atoms with E-state index in [2.05, 4.69) is 4.98 Å². The number of hydrogen-bond donors (Lipinski definition) is 0. The van der Waals surface area contributed by atoms with Crippen molar-refractivity contribution in [3.8, 4) is 5.75 Å². The lowest BCUT2D eigenvalue weighted by molar-refractivity contribution is -0.394. The monoisotopic (exact) mass is 478 g/mol. The molecule has 3 aromatic carbocycles. The molecular formula is C23H18N4O6S. The lowest BCUT2D eigenvalue weighted by atomic mass is 10.1. The van der Waals surface area contributed by atoms with E-state index in [9.17, 15) is 25.0 Å². The summed E-state index contributed by atoms with van der Waals surface area (Å²) in [6.07, 6.45) is 0.